The summed E-state index contributed by atoms with van der Waals surface area (Å²) >= 11 is 1.06. The van der Waals surface area contributed by atoms with Crippen molar-refractivity contribution in [3.05, 3.63) is 46.5 Å². The number of fused-ring (bicyclic) bond motifs is 1. The van der Waals surface area contributed by atoms with E-state index < -0.39 is 22.0 Å². The van der Waals surface area contributed by atoms with Crippen LogP contribution in [0.15, 0.2) is 40.7 Å². The molecule has 136 valence electrons. The van der Waals surface area contributed by atoms with Gasteiger partial charge < -0.3 is 4.74 Å². The first-order valence-electron chi connectivity index (χ1n) is 8.01. The lowest BCUT2D eigenvalue weighted by atomic mass is 10.2. The molecule has 1 aliphatic heterocycles. The third kappa shape index (κ3) is 2.61. The lowest BCUT2D eigenvalue weighted by Gasteiger charge is -2.22. The molecular weight excluding hydrogens is 376 g/mol. The van der Waals surface area contributed by atoms with Gasteiger partial charge in [-0.3, -0.25) is 4.40 Å². The first-order chi connectivity index (χ1) is 12.5. The molecule has 0 aliphatic carbocycles. The zero-order chi connectivity index (χ0) is 18.3. The molecule has 1 atom stereocenters. The van der Waals surface area contributed by atoms with Gasteiger partial charge in [0, 0.05) is 12.7 Å². The number of aromatic nitrogens is 3. The van der Waals surface area contributed by atoms with E-state index in [1.165, 1.54) is 17.5 Å². The van der Waals surface area contributed by atoms with Crippen LogP contribution in [0, 0.1) is 0 Å². The Labute approximate surface area is 154 Å². The monoisotopic (exact) mass is 392 g/mol. The van der Waals surface area contributed by atoms with Crippen LogP contribution in [0.1, 0.15) is 34.4 Å². The van der Waals surface area contributed by atoms with E-state index in [-0.39, 0.29) is 9.77 Å². The standard InChI is InChI=1S/C16H16N4O4S2/c1-24-16(21)14-12(7-10-25-14)26(22,23)20-9-4-5-11(20)15-18-17-13-6-2-3-8-19(13)15/h2-3,6-8,10-11H,4-5,9H2,1H3. The Kier molecular flexibility index (Phi) is 4.25. The Balaban J connectivity index is 1.77. The second kappa shape index (κ2) is 6.45. The summed E-state index contributed by atoms with van der Waals surface area (Å²) in [7, 11) is -2.63. The van der Waals surface area contributed by atoms with Crippen molar-refractivity contribution in [3.63, 3.8) is 0 Å². The summed E-state index contributed by atoms with van der Waals surface area (Å²) in [6.45, 7) is 0.366. The largest absolute Gasteiger partial charge is 0.465 e. The van der Waals surface area contributed by atoms with Gasteiger partial charge in [-0.2, -0.15) is 4.31 Å². The SMILES string of the molecule is COC(=O)c1sccc1S(=O)(=O)N1CCCC1c1nnc2ccccn12. The highest BCUT2D eigenvalue weighted by Crippen LogP contribution is 2.37. The first-order valence-corrected chi connectivity index (χ1v) is 10.3. The van der Waals surface area contributed by atoms with Crippen LogP contribution in [-0.2, 0) is 14.8 Å². The van der Waals surface area contributed by atoms with Gasteiger partial charge in [-0.15, -0.1) is 21.5 Å². The maximum Gasteiger partial charge on any atom is 0.349 e. The van der Waals surface area contributed by atoms with Crippen LogP contribution in [-0.4, -0.2) is 46.9 Å². The van der Waals surface area contributed by atoms with E-state index in [2.05, 4.69) is 10.2 Å². The van der Waals surface area contributed by atoms with E-state index in [4.69, 9.17) is 4.74 Å². The van der Waals surface area contributed by atoms with Gasteiger partial charge in [0.15, 0.2) is 11.5 Å². The number of sulfonamides is 1. The molecule has 3 aromatic heterocycles. The second-order valence-corrected chi connectivity index (χ2v) is 8.64. The highest BCUT2D eigenvalue weighted by Gasteiger charge is 2.40. The van der Waals surface area contributed by atoms with Crippen molar-refractivity contribution in [1.29, 1.82) is 0 Å². The molecule has 4 heterocycles. The molecule has 4 rings (SSSR count). The van der Waals surface area contributed by atoms with Gasteiger partial charge in [0.05, 0.1) is 13.2 Å². The van der Waals surface area contributed by atoms with E-state index in [0.717, 1.165) is 11.3 Å². The van der Waals surface area contributed by atoms with Crippen molar-refractivity contribution < 1.29 is 17.9 Å². The summed E-state index contributed by atoms with van der Waals surface area (Å²) in [5.41, 5.74) is 0.664. The number of carbonyl (C=O) groups excluding carboxylic acids is 1. The molecule has 10 heteroatoms. The molecule has 1 unspecified atom stereocenters. The molecular formula is C16H16N4O4S2. The number of thiophene rings is 1. The molecule has 1 aliphatic rings. The maximum absolute atomic E-state index is 13.2. The number of hydrogen-bond acceptors (Lipinski definition) is 7. The quantitative estimate of drug-likeness (QED) is 0.631. The summed E-state index contributed by atoms with van der Waals surface area (Å²) in [5, 5.41) is 9.91. The zero-order valence-electron chi connectivity index (χ0n) is 13.9. The molecule has 0 aromatic carbocycles. The minimum atomic E-state index is -3.86. The van der Waals surface area contributed by atoms with Crippen LogP contribution < -0.4 is 0 Å². The van der Waals surface area contributed by atoms with Crippen LogP contribution in [0.25, 0.3) is 5.65 Å². The Morgan fingerprint density at radius 1 is 1.31 bits per heavy atom. The fraction of sp³-hybridized carbons (Fsp3) is 0.312. The van der Waals surface area contributed by atoms with E-state index in [1.807, 2.05) is 24.4 Å². The number of hydrogen-bond donors (Lipinski definition) is 0. The number of nitrogens with zero attached hydrogens (tertiary/aromatic N) is 4. The number of pyridine rings is 1. The normalized spacial score (nSPS) is 18.4. The fourth-order valence-electron chi connectivity index (χ4n) is 3.24. The van der Waals surface area contributed by atoms with Gasteiger partial charge in [-0.1, -0.05) is 6.07 Å². The molecule has 0 bridgehead atoms. The van der Waals surface area contributed by atoms with Crippen LogP contribution in [0.2, 0.25) is 0 Å². The van der Waals surface area contributed by atoms with Crippen molar-refractivity contribution >= 4 is 33.0 Å². The lowest BCUT2D eigenvalue weighted by Crippen LogP contribution is -2.32. The van der Waals surface area contributed by atoms with Crippen molar-refractivity contribution in [2.75, 3.05) is 13.7 Å². The van der Waals surface area contributed by atoms with Crippen molar-refractivity contribution in [3.8, 4) is 0 Å². The fourth-order valence-corrected chi connectivity index (χ4v) is 6.21. The van der Waals surface area contributed by atoms with E-state index >= 15 is 0 Å². The van der Waals surface area contributed by atoms with Gasteiger partial charge >= 0.3 is 5.97 Å². The molecule has 3 aromatic rings. The maximum atomic E-state index is 13.2. The third-order valence-electron chi connectivity index (χ3n) is 4.43. The van der Waals surface area contributed by atoms with E-state index in [0.29, 0.717) is 30.9 Å². The smallest absolute Gasteiger partial charge is 0.349 e. The van der Waals surface area contributed by atoms with Crippen LogP contribution in [0.5, 0.6) is 0 Å². The summed E-state index contributed by atoms with van der Waals surface area (Å²) in [6, 6.07) is 6.54. The first kappa shape index (κ1) is 17.1. The van der Waals surface area contributed by atoms with Crippen molar-refractivity contribution in [1.82, 2.24) is 18.9 Å². The average Bonchev–Trinajstić information content (AvgIpc) is 3.38. The molecule has 0 N–H and O–H groups in total. The van der Waals surface area contributed by atoms with Gasteiger partial charge in [0.1, 0.15) is 9.77 Å². The van der Waals surface area contributed by atoms with Gasteiger partial charge in [-0.25, -0.2) is 13.2 Å². The molecule has 0 spiro atoms. The Morgan fingerprint density at radius 3 is 2.96 bits per heavy atom. The predicted molar refractivity (Wildman–Crippen MR) is 94.5 cm³/mol. The Bertz CT molecular complexity index is 1070. The summed E-state index contributed by atoms with van der Waals surface area (Å²) in [6.07, 6.45) is 3.17. The second-order valence-electron chi connectivity index (χ2n) is 5.87. The topological polar surface area (TPSA) is 93.9 Å². The Hall–Kier alpha value is -2.30. The molecule has 1 saturated heterocycles. The minimum Gasteiger partial charge on any atom is -0.465 e. The van der Waals surface area contributed by atoms with Crippen LogP contribution in [0.3, 0.4) is 0 Å². The summed E-state index contributed by atoms with van der Waals surface area (Å²) in [5.74, 6) is -0.0706. The number of methoxy groups -OCH3 is 1. The van der Waals surface area contributed by atoms with Crippen molar-refractivity contribution in [2.45, 2.75) is 23.8 Å². The highest BCUT2D eigenvalue weighted by atomic mass is 32.2. The van der Waals surface area contributed by atoms with Crippen molar-refractivity contribution in [2.24, 2.45) is 0 Å². The molecule has 0 saturated carbocycles. The third-order valence-corrected chi connectivity index (χ3v) is 7.40. The number of esters is 1. The molecule has 8 nitrogen and oxygen atoms in total. The molecule has 26 heavy (non-hydrogen) atoms. The van der Waals surface area contributed by atoms with Crippen LogP contribution in [0.4, 0.5) is 0 Å². The van der Waals surface area contributed by atoms with Crippen LogP contribution >= 0.6 is 11.3 Å². The van der Waals surface area contributed by atoms with Gasteiger partial charge in [0.25, 0.3) is 0 Å². The summed E-state index contributed by atoms with van der Waals surface area (Å²) < 4.78 is 34.4. The highest BCUT2D eigenvalue weighted by molar-refractivity contribution is 7.89. The number of rotatable bonds is 4. The van der Waals surface area contributed by atoms with Gasteiger partial charge in [0.2, 0.25) is 10.0 Å². The number of ether oxygens (including phenoxy) is 1. The molecule has 1 fully saturated rings. The Morgan fingerprint density at radius 2 is 2.15 bits per heavy atom. The van der Waals surface area contributed by atoms with E-state index in [1.54, 1.807) is 9.78 Å². The lowest BCUT2D eigenvalue weighted by molar-refractivity contribution is 0.0602. The van der Waals surface area contributed by atoms with Gasteiger partial charge in [-0.05, 0) is 36.4 Å². The molecule has 0 amide bonds. The predicted octanol–water partition coefficient (Wildman–Crippen LogP) is 2.10. The minimum absolute atomic E-state index is 0.0185. The summed E-state index contributed by atoms with van der Waals surface area (Å²) in [4.78, 5) is 12.0. The number of carbonyl (C=O) groups is 1. The van der Waals surface area contributed by atoms with E-state index in [9.17, 15) is 13.2 Å². The molecule has 0 radical (unpaired) electrons. The average molecular weight is 392 g/mol. The zero-order valence-corrected chi connectivity index (χ0v) is 15.5.